The normalized spacial score (nSPS) is 13.3. The van der Waals surface area contributed by atoms with Crippen LogP contribution in [0.3, 0.4) is 0 Å². The van der Waals surface area contributed by atoms with Gasteiger partial charge >= 0.3 is 0 Å². The van der Waals surface area contributed by atoms with Crippen molar-refractivity contribution in [2.24, 2.45) is 0 Å². The number of carbonyl (C=O) groups excluding carboxylic acids is 1. The molecular weight excluding hydrogens is 294 g/mol. The molecule has 0 aliphatic heterocycles. The number of halogens is 1. The lowest BCUT2D eigenvalue weighted by Gasteiger charge is -2.12. The fourth-order valence-corrected chi connectivity index (χ4v) is 4.07. The molecule has 0 saturated heterocycles. The summed E-state index contributed by atoms with van der Waals surface area (Å²) in [5.41, 5.74) is 0. The maximum absolute atomic E-state index is 12.0. The van der Waals surface area contributed by atoms with E-state index in [-0.39, 0.29) is 5.75 Å². The van der Waals surface area contributed by atoms with Crippen LogP contribution in [0.2, 0.25) is 4.34 Å². The van der Waals surface area contributed by atoms with E-state index >= 15 is 0 Å². The minimum absolute atomic E-state index is 0.148. The topological polar surface area (TPSA) is 63.2 Å². The second kappa shape index (κ2) is 6.54. The lowest BCUT2D eigenvalue weighted by molar-refractivity contribution is -0.120. The molecule has 18 heavy (non-hydrogen) atoms. The first kappa shape index (κ1) is 15.5. The average Bonchev–Trinajstić information content (AvgIpc) is 2.69. The van der Waals surface area contributed by atoms with Gasteiger partial charge in [0.1, 0.15) is 5.25 Å². The Bertz CT molecular complexity index is 510. The standard InChI is InChI=1S/C11H16ClNO3S2/c1-3-6-13-11(14)8(2)18(15,16)7-9-4-5-10(12)17-9/h4-5,8H,3,6-7H2,1-2H3,(H,13,14). The number of hydrogen-bond acceptors (Lipinski definition) is 4. The molecule has 0 aromatic carbocycles. The molecule has 0 bridgehead atoms. The molecule has 0 saturated carbocycles. The van der Waals surface area contributed by atoms with Gasteiger partial charge in [-0.05, 0) is 25.5 Å². The Balaban J connectivity index is 2.71. The van der Waals surface area contributed by atoms with Crippen molar-refractivity contribution in [1.82, 2.24) is 5.32 Å². The van der Waals surface area contributed by atoms with Crippen molar-refractivity contribution in [1.29, 1.82) is 0 Å². The van der Waals surface area contributed by atoms with Crippen molar-refractivity contribution < 1.29 is 13.2 Å². The molecule has 102 valence electrons. The highest BCUT2D eigenvalue weighted by molar-refractivity contribution is 7.92. The number of sulfone groups is 1. The van der Waals surface area contributed by atoms with E-state index in [0.29, 0.717) is 15.8 Å². The van der Waals surface area contributed by atoms with Gasteiger partial charge in [-0.15, -0.1) is 11.3 Å². The summed E-state index contributed by atoms with van der Waals surface area (Å²) < 4.78 is 24.6. The largest absolute Gasteiger partial charge is 0.355 e. The Hall–Kier alpha value is -0.590. The van der Waals surface area contributed by atoms with Gasteiger partial charge in [-0.2, -0.15) is 0 Å². The molecule has 0 spiro atoms. The van der Waals surface area contributed by atoms with Gasteiger partial charge in [-0.3, -0.25) is 4.79 Å². The molecule has 1 heterocycles. The van der Waals surface area contributed by atoms with Crippen LogP contribution in [0, 0.1) is 0 Å². The Kier molecular flexibility index (Phi) is 5.62. The molecule has 1 N–H and O–H groups in total. The van der Waals surface area contributed by atoms with Gasteiger partial charge in [0, 0.05) is 11.4 Å². The molecule has 1 rings (SSSR count). The van der Waals surface area contributed by atoms with Crippen LogP contribution in [0.15, 0.2) is 12.1 Å². The van der Waals surface area contributed by atoms with E-state index in [1.165, 1.54) is 18.3 Å². The summed E-state index contributed by atoms with van der Waals surface area (Å²) in [6.45, 7) is 3.81. The number of carbonyl (C=O) groups is 1. The quantitative estimate of drug-likeness (QED) is 0.876. The van der Waals surface area contributed by atoms with Gasteiger partial charge in [0.15, 0.2) is 9.84 Å². The predicted octanol–water partition coefficient (Wildman–Crippen LogP) is 2.23. The summed E-state index contributed by atoms with van der Waals surface area (Å²) in [4.78, 5) is 12.3. The Morgan fingerprint density at radius 2 is 2.17 bits per heavy atom. The molecule has 0 radical (unpaired) electrons. The predicted molar refractivity (Wildman–Crippen MR) is 74.7 cm³/mol. The maximum atomic E-state index is 12.0. The maximum Gasteiger partial charge on any atom is 0.238 e. The van der Waals surface area contributed by atoms with E-state index in [2.05, 4.69) is 5.32 Å². The van der Waals surface area contributed by atoms with Crippen LogP contribution < -0.4 is 5.32 Å². The first-order valence-corrected chi connectivity index (χ1v) is 8.51. The van der Waals surface area contributed by atoms with E-state index < -0.39 is 21.0 Å². The van der Waals surface area contributed by atoms with E-state index in [0.717, 1.165) is 6.42 Å². The lowest BCUT2D eigenvalue weighted by atomic mass is 10.4. The van der Waals surface area contributed by atoms with Crippen molar-refractivity contribution >= 4 is 38.7 Å². The van der Waals surface area contributed by atoms with Gasteiger partial charge in [0.2, 0.25) is 5.91 Å². The minimum atomic E-state index is -3.49. The fraction of sp³-hybridized carbons (Fsp3) is 0.545. The van der Waals surface area contributed by atoms with Crippen LogP contribution in [0.1, 0.15) is 25.1 Å². The molecule has 1 atom stereocenters. The molecule has 1 amide bonds. The molecule has 1 aromatic rings. The van der Waals surface area contributed by atoms with Gasteiger partial charge in [0.25, 0.3) is 0 Å². The zero-order chi connectivity index (χ0) is 13.8. The third-order valence-corrected chi connectivity index (χ3v) is 5.85. The highest BCUT2D eigenvalue weighted by atomic mass is 35.5. The first-order valence-electron chi connectivity index (χ1n) is 5.60. The van der Waals surface area contributed by atoms with Crippen molar-refractivity contribution in [2.75, 3.05) is 6.54 Å². The van der Waals surface area contributed by atoms with E-state index in [1.54, 1.807) is 12.1 Å². The number of amides is 1. The molecule has 0 fully saturated rings. The number of nitrogens with one attached hydrogen (secondary N) is 1. The van der Waals surface area contributed by atoms with Crippen LogP contribution in [-0.2, 0) is 20.4 Å². The Morgan fingerprint density at radius 1 is 1.50 bits per heavy atom. The highest BCUT2D eigenvalue weighted by Crippen LogP contribution is 2.24. The number of rotatable bonds is 6. The van der Waals surface area contributed by atoms with Crippen molar-refractivity contribution in [3.63, 3.8) is 0 Å². The van der Waals surface area contributed by atoms with Gasteiger partial charge in [-0.25, -0.2) is 8.42 Å². The average molecular weight is 310 g/mol. The molecule has 0 aliphatic carbocycles. The zero-order valence-electron chi connectivity index (χ0n) is 10.3. The van der Waals surface area contributed by atoms with Crippen LogP contribution >= 0.6 is 22.9 Å². The first-order chi connectivity index (χ1) is 8.36. The van der Waals surface area contributed by atoms with Crippen molar-refractivity contribution in [2.45, 2.75) is 31.3 Å². The molecule has 1 aromatic heterocycles. The van der Waals surface area contributed by atoms with Gasteiger partial charge in [0.05, 0.1) is 10.1 Å². The molecule has 0 aliphatic rings. The van der Waals surface area contributed by atoms with Crippen LogP contribution in [0.5, 0.6) is 0 Å². The second-order valence-electron chi connectivity index (χ2n) is 3.95. The SMILES string of the molecule is CCCNC(=O)C(C)S(=O)(=O)Cc1ccc(Cl)s1. The highest BCUT2D eigenvalue weighted by Gasteiger charge is 2.28. The fourth-order valence-electron chi connectivity index (χ4n) is 1.31. The number of hydrogen-bond donors (Lipinski definition) is 1. The smallest absolute Gasteiger partial charge is 0.238 e. The molecule has 4 nitrogen and oxygen atoms in total. The number of thiophene rings is 1. The van der Waals surface area contributed by atoms with Crippen molar-refractivity contribution in [3.05, 3.63) is 21.3 Å². The molecular formula is C11H16ClNO3S2. The van der Waals surface area contributed by atoms with Crippen LogP contribution in [0.4, 0.5) is 0 Å². The zero-order valence-corrected chi connectivity index (χ0v) is 12.7. The van der Waals surface area contributed by atoms with Crippen molar-refractivity contribution in [3.8, 4) is 0 Å². The monoisotopic (exact) mass is 309 g/mol. The molecule has 7 heteroatoms. The van der Waals surface area contributed by atoms with Gasteiger partial charge in [-0.1, -0.05) is 18.5 Å². The summed E-state index contributed by atoms with van der Waals surface area (Å²) in [6.07, 6.45) is 0.777. The lowest BCUT2D eigenvalue weighted by Crippen LogP contribution is -2.38. The Morgan fingerprint density at radius 3 is 2.67 bits per heavy atom. The third kappa shape index (κ3) is 4.26. The second-order valence-corrected chi connectivity index (χ2v) is 8.07. The van der Waals surface area contributed by atoms with Crippen LogP contribution in [-0.4, -0.2) is 26.1 Å². The summed E-state index contributed by atoms with van der Waals surface area (Å²) in [5.74, 6) is -0.593. The minimum Gasteiger partial charge on any atom is -0.355 e. The third-order valence-electron chi connectivity index (χ3n) is 2.43. The Labute approximate surface area is 116 Å². The van der Waals surface area contributed by atoms with E-state index in [1.807, 2.05) is 6.92 Å². The summed E-state index contributed by atoms with van der Waals surface area (Å²) in [5, 5.41) is 1.55. The van der Waals surface area contributed by atoms with Gasteiger partial charge < -0.3 is 5.32 Å². The van der Waals surface area contributed by atoms with E-state index in [9.17, 15) is 13.2 Å². The molecule has 1 unspecified atom stereocenters. The van der Waals surface area contributed by atoms with Crippen LogP contribution in [0.25, 0.3) is 0 Å². The summed E-state index contributed by atoms with van der Waals surface area (Å²) in [6, 6.07) is 3.32. The van der Waals surface area contributed by atoms with E-state index in [4.69, 9.17) is 11.6 Å². The summed E-state index contributed by atoms with van der Waals surface area (Å²) in [7, 11) is -3.49. The summed E-state index contributed by atoms with van der Waals surface area (Å²) >= 11 is 6.96.